The Labute approximate surface area is 110 Å². The Morgan fingerprint density at radius 3 is 2.95 bits per heavy atom. The molecule has 1 aromatic rings. The first-order chi connectivity index (χ1) is 8.97. The van der Waals surface area contributed by atoms with Crippen LogP contribution in [-0.2, 0) is 4.79 Å². The average molecular weight is 264 g/mol. The van der Waals surface area contributed by atoms with Crippen LogP contribution in [0.15, 0.2) is 12.3 Å². The summed E-state index contributed by atoms with van der Waals surface area (Å²) in [6.07, 6.45) is 2.25. The zero-order valence-corrected chi connectivity index (χ0v) is 10.6. The molecule has 19 heavy (non-hydrogen) atoms. The predicted molar refractivity (Wildman–Crippen MR) is 70.0 cm³/mol. The van der Waals surface area contributed by atoms with Crippen molar-refractivity contribution in [1.82, 2.24) is 10.3 Å². The van der Waals surface area contributed by atoms with Crippen LogP contribution in [0.1, 0.15) is 23.7 Å². The maximum absolute atomic E-state index is 11.2. The summed E-state index contributed by atoms with van der Waals surface area (Å²) in [4.78, 5) is 28.1. The molecule has 0 aliphatic carbocycles. The summed E-state index contributed by atoms with van der Waals surface area (Å²) in [5, 5.41) is 12.0. The number of carboxylic acid groups (broad SMARTS) is 1. The first-order valence-electron chi connectivity index (χ1n) is 5.98. The summed E-state index contributed by atoms with van der Waals surface area (Å²) in [5.41, 5.74) is 6.18. The fourth-order valence-electron chi connectivity index (χ4n) is 2.27. The number of carbonyl (C=O) groups excluding carboxylic acids is 1. The highest BCUT2D eigenvalue weighted by Crippen LogP contribution is 2.25. The monoisotopic (exact) mass is 264 g/mol. The van der Waals surface area contributed by atoms with E-state index < -0.39 is 5.97 Å². The number of anilines is 2. The lowest BCUT2D eigenvalue weighted by Crippen LogP contribution is -2.35. The van der Waals surface area contributed by atoms with Gasteiger partial charge in [0.05, 0.1) is 17.4 Å². The van der Waals surface area contributed by atoms with Crippen LogP contribution < -0.4 is 16.0 Å². The second-order valence-electron chi connectivity index (χ2n) is 4.56. The van der Waals surface area contributed by atoms with Gasteiger partial charge in [0, 0.05) is 26.1 Å². The molecule has 1 atom stereocenters. The minimum atomic E-state index is -1.04. The van der Waals surface area contributed by atoms with Crippen molar-refractivity contribution in [3.05, 3.63) is 17.8 Å². The largest absolute Gasteiger partial charge is 0.478 e. The van der Waals surface area contributed by atoms with Crippen molar-refractivity contribution in [2.45, 2.75) is 19.4 Å². The number of amides is 1. The first kappa shape index (κ1) is 13.1. The molecule has 1 amide bonds. The average Bonchev–Trinajstić information content (AvgIpc) is 2.76. The summed E-state index contributed by atoms with van der Waals surface area (Å²) in [6.45, 7) is 2.72. The molecule has 1 aliphatic rings. The fraction of sp³-hybridized carbons (Fsp3) is 0.417. The molecule has 1 fully saturated rings. The molecule has 102 valence electrons. The lowest BCUT2D eigenvalue weighted by molar-refractivity contribution is -0.119. The normalized spacial score (nSPS) is 18.4. The van der Waals surface area contributed by atoms with Crippen LogP contribution in [0.5, 0.6) is 0 Å². The number of hydrogen-bond donors (Lipinski definition) is 3. The summed E-state index contributed by atoms with van der Waals surface area (Å²) < 4.78 is 0. The van der Waals surface area contributed by atoms with Crippen molar-refractivity contribution >= 4 is 23.4 Å². The van der Waals surface area contributed by atoms with E-state index in [2.05, 4.69) is 10.3 Å². The molecule has 1 aromatic heterocycles. The van der Waals surface area contributed by atoms with Crippen molar-refractivity contribution in [2.24, 2.45) is 0 Å². The smallest absolute Gasteiger partial charge is 0.338 e. The number of aromatic nitrogens is 1. The van der Waals surface area contributed by atoms with E-state index in [0.717, 1.165) is 6.42 Å². The first-order valence-corrected chi connectivity index (χ1v) is 5.98. The fourth-order valence-corrected chi connectivity index (χ4v) is 2.27. The van der Waals surface area contributed by atoms with Gasteiger partial charge in [0.2, 0.25) is 5.91 Å². The number of nitrogen functional groups attached to an aromatic ring is 1. The molecule has 7 heteroatoms. The third-order valence-corrected chi connectivity index (χ3v) is 3.07. The van der Waals surface area contributed by atoms with E-state index in [4.69, 9.17) is 5.73 Å². The number of nitrogens with zero attached hydrogens (tertiary/aromatic N) is 2. The highest BCUT2D eigenvalue weighted by Gasteiger charge is 2.26. The van der Waals surface area contributed by atoms with Gasteiger partial charge in [-0.25, -0.2) is 9.78 Å². The molecule has 0 radical (unpaired) electrons. The van der Waals surface area contributed by atoms with E-state index in [1.807, 2.05) is 4.90 Å². The second-order valence-corrected chi connectivity index (χ2v) is 4.56. The lowest BCUT2D eigenvalue weighted by atomic mass is 10.2. The molecule has 1 unspecified atom stereocenters. The topological polar surface area (TPSA) is 109 Å². The highest BCUT2D eigenvalue weighted by atomic mass is 16.4. The minimum Gasteiger partial charge on any atom is -0.478 e. The van der Waals surface area contributed by atoms with Crippen LogP contribution in [-0.4, -0.2) is 41.1 Å². The van der Waals surface area contributed by atoms with E-state index in [-0.39, 0.29) is 23.3 Å². The molecule has 0 bridgehead atoms. The molecule has 0 spiro atoms. The van der Waals surface area contributed by atoms with Gasteiger partial charge < -0.3 is 21.1 Å². The van der Waals surface area contributed by atoms with Gasteiger partial charge in [-0.15, -0.1) is 0 Å². The molecule has 1 aliphatic heterocycles. The summed E-state index contributed by atoms with van der Waals surface area (Å²) in [6, 6.07) is 1.39. The Bertz CT molecular complexity index is 518. The van der Waals surface area contributed by atoms with E-state index in [9.17, 15) is 14.7 Å². The van der Waals surface area contributed by atoms with Gasteiger partial charge in [-0.05, 0) is 12.5 Å². The molecular formula is C12H16N4O3. The molecule has 0 saturated carbocycles. The van der Waals surface area contributed by atoms with Gasteiger partial charge >= 0.3 is 5.97 Å². The number of carbonyl (C=O) groups is 2. The van der Waals surface area contributed by atoms with Crippen molar-refractivity contribution in [1.29, 1.82) is 0 Å². The molecule has 7 nitrogen and oxygen atoms in total. The van der Waals surface area contributed by atoms with Crippen LogP contribution in [0, 0.1) is 0 Å². The quantitative estimate of drug-likeness (QED) is 0.713. The number of nitrogens with two attached hydrogens (primary N) is 1. The van der Waals surface area contributed by atoms with Crippen LogP contribution in [0.3, 0.4) is 0 Å². The molecule has 1 saturated heterocycles. The minimum absolute atomic E-state index is 0.0386. The molecular weight excluding hydrogens is 248 g/mol. The van der Waals surface area contributed by atoms with E-state index in [0.29, 0.717) is 18.8 Å². The zero-order valence-electron chi connectivity index (χ0n) is 10.6. The number of pyridine rings is 1. The number of hydrogen-bond acceptors (Lipinski definition) is 5. The molecule has 2 heterocycles. The van der Waals surface area contributed by atoms with Crippen molar-refractivity contribution in [2.75, 3.05) is 23.7 Å². The Morgan fingerprint density at radius 1 is 1.58 bits per heavy atom. The summed E-state index contributed by atoms with van der Waals surface area (Å²) >= 11 is 0. The molecule has 0 aromatic carbocycles. The Morgan fingerprint density at radius 2 is 2.32 bits per heavy atom. The van der Waals surface area contributed by atoms with Gasteiger partial charge in [0.15, 0.2) is 0 Å². The standard InChI is InChI=1S/C12H16N4O3/c1-7(17)15-8-2-3-16(6-8)10-5-14-11(13)4-9(10)12(18)19/h4-5,8H,2-3,6H2,1H3,(H2,13,14)(H,15,17)(H,18,19). The number of aromatic carboxylic acids is 1. The second kappa shape index (κ2) is 5.13. The third-order valence-electron chi connectivity index (χ3n) is 3.07. The zero-order chi connectivity index (χ0) is 14.0. The maximum Gasteiger partial charge on any atom is 0.338 e. The Kier molecular flexibility index (Phi) is 3.55. The third kappa shape index (κ3) is 2.93. The Hall–Kier alpha value is -2.31. The van der Waals surface area contributed by atoms with Crippen LogP contribution >= 0.6 is 0 Å². The van der Waals surface area contributed by atoms with E-state index in [1.165, 1.54) is 19.2 Å². The predicted octanol–water partition coefficient (Wildman–Crippen LogP) is 0.0768. The van der Waals surface area contributed by atoms with Crippen molar-refractivity contribution in [3.8, 4) is 0 Å². The van der Waals surface area contributed by atoms with Gasteiger partial charge in [0.1, 0.15) is 5.82 Å². The number of carboxylic acids is 1. The molecule has 2 rings (SSSR count). The van der Waals surface area contributed by atoms with E-state index >= 15 is 0 Å². The molecule has 4 N–H and O–H groups in total. The van der Waals surface area contributed by atoms with Gasteiger partial charge in [-0.2, -0.15) is 0 Å². The lowest BCUT2D eigenvalue weighted by Gasteiger charge is -2.20. The Balaban J connectivity index is 2.19. The maximum atomic E-state index is 11.2. The summed E-state index contributed by atoms with van der Waals surface area (Å²) in [5.74, 6) is -0.938. The van der Waals surface area contributed by atoms with Crippen LogP contribution in [0.4, 0.5) is 11.5 Å². The van der Waals surface area contributed by atoms with Gasteiger partial charge in [-0.1, -0.05) is 0 Å². The van der Waals surface area contributed by atoms with Crippen molar-refractivity contribution in [3.63, 3.8) is 0 Å². The highest BCUT2D eigenvalue weighted by molar-refractivity contribution is 5.95. The number of rotatable bonds is 3. The number of nitrogens with one attached hydrogen (secondary N) is 1. The SMILES string of the molecule is CC(=O)NC1CCN(c2cnc(N)cc2C(=O)O)C1. The van der Waals surface area contributed by atoms with Gasteiger partial charge in [-0.3, -0.25) is 4.79 Å². The van der Waals surface area contributed by atoms with Crippen LogP contribution in [0.25, 0.3) is 0 Å². The van der Waals surface area contributed by atoms with Gasteiger partial charge in [0.25, 0.3) is 0 Å². The van der Waals surface area contributed by atoms with Crippen molar-refractivity contribution < 1.29 is 14.7 Å². The summed E-state index contributed by atoms with van der Waals surface area (Å²) in [7, 11) is 0. The van der Waals surface area contributed by atoms with Crippen LogP contribution in [0.2, 0.25) is 0 Å². The van der Waals surface area contributed by atoms with E-state index in [1.54, 1.807) is 0 Å².